The van der Waals surface area contributed by atoms with Crippen molar-refractivity contribution in [2.75, 3.05) is 18.5 Å². The summed E-state index contributed by atoms with van der Waals surface area (Å²) >= 11 is 0. The number of hydrogen-bond acceptors (Lipinski definition) is 4. The van der Waals surface area contributed by atoms with Crippen LogP contribution >= 0.6 is 0 Å². The number of ether oxygens (including phenoxy) is 2. The summed E-state index contributed by atoms with van der Waals surface area (Å²) in [5.74, 6) is -0.0825. The van der Waals surface area contributed by atoms with E-state index in [2.05, 4.69) is 5.32 Å². The van der Waals surface area contributed by atoms with Gasteiger partial charge in [0.1, 0.15) is 12.1 Å². The molecule has 2 aromatic carbocycles. The summed E-state index contributed by atoms with van der Waals surface area (Å²) in [5, 5.41) is 2.55. The molecule has 0 saturated heterocycles. The number of rotatable bonds is 7. The average molecular weight is 331 g/mol. The Morgan fingerprint density at radius 1 is 1.17 bits per heavy atom. The summed E-state index contributed by atoms with van der Waals surface area (Å²) in [6, 6.07) is 9.11. The lowest BCUT2D eigenvalue weighted by molar-refractivity contribution is -0.118. The summed E-state index contributed by atoms with van der Waals surface area (Å²) in [7, 11) is 0. The van der Waals surface area contributed by atoms with E-state index in [1.807, 2.05) is 0 Å². The fourth-order valence-corrected chi connectivity index (χ4v) is 2.00. The Morgan fingerprint density at radius 2 is 1.96 bits per heavy atom. The highest BCUT2D eigenvalue weighted by molar-refractivity contribution is 5.92. The van der Waals surface area contributed by atoms with Crippen LogP contribution in [0.2, 0.25) is 0 Å². The van der Waals surface area contributed by atoms with E-state index in [0.29, 0.717) is 41.2 Å². The Morgan fingerprint density at radius 3 is 2.62 bits per heavy atom. The summed E-state index contributed by atoms with van der Waals surface area (Å²) < 4.78 is 24.3. The van der Waals surface area contributed by atoms with Crippen molar-refractivity contribution in [3.05, 3.63) is 53.3 Å². The molecule has 0 atom stereocenters. The molecule has 1 N–H and O–H groups in total. The van der Waals surface area contributed by atoms with Gasteiger partial charge in [0.15, 0.2) is 18.1 Å². The topological polar surface area (TPSA) is 64.6 Å². The van der Waals surface area contributed by atoms with Crippen LogP contribution < -0.4 is 14.8 Å². The van der Waals surface area contributed by atoms with Crippen LogP contribution in [-0.4, -0.2) is 25.4 Å². The summed E-state index contributed by atoms with van der Waals surface area (Å²) in [5.41, 5.74) is 1.30. The fourth-order valence-electron chi connectivity index (χ4n) is 2.00. The molecule has 0 aliphatic carbocycles. The molecule has 126 valence electrons. The maximum atomic E-state index is 13.5. The van der Waals surface area contributed by atoms with Gasteiger partial charge in [-0.25, -0.2) is 4.39 Å². The standard InChI is InChI=1S/C18H18FNO4/c1-3-23-17-8-13(10-21)5-7-16(17)24-11-18(22)20-14-6-4-12(2)15(19)9-14/h4-10H,3,11H2,1-2H3,(H,20,22). The van der Waals surface area contributed by atoms with Gasteiger partial charge in [0.25, 0.3) is 5.91 Å². The normalized spacial score (nSPS) is 10.1. The molecule has 0 fully saturated rings. The second-order valence-electron chi connectivity index (χ2n) is 5.06. The van der Waals surface area contributed by atoms with Crippen LogP contribution in [0.4, 0.5) is 10.1 Å². The van der Waals surface area contributed by atoms with Gasteiger partial charge in [-0.1, -0.05) is 6.07 Å². The van der Waals surface area contributed by atoms with Crippen molar-refractivity contribution >= 4 is 17.9 Å². The smallest absolute Gasteiger partial charge is 0.262 e. The molecule has 0 heterocycles. The van der Waals surface area contributed by atoms with E-state index in [1.54, 1.807) is 44.2 Å². The molecule has 1 amide bonds. The number of carbonyl (C=O) groups excluding carboxylic acids is 2. The highest BCUT2D eigenvalue weighted by Crippen LogP contribution is 2.28. The maximum Gasteiger partial charge on any atom is 0.262 e. The SMILES string of the molecule is CCOc1cc(C=O)ccc1OCC(=O)Nc1ccc(C)c(F)c1. The van der Waals surface area contributed by atoms with Gasteiger partial charge in [0, 0.05) is 11.3 Å². The predicted octanol–water partition coefficient (Wildman–Crippen LogP) is 3.36. The number of aryl methyl sites for hydroxylation is 1. The first-order valence-corrected chi connectivity index (χ1v) is 7.44. The van der Waals surface area contributed by atoms with E-state index in [0.717, 1.165) is 0 Å². The molecule has 0 spiro atoms. The second-order valence-corrected chi connectivity index (χ2v) is 5.06. The Hall–Kier alpha value is -2.89. The number of anilines is 1. The largest absolute Gasteiger partial charge is 0.490 e. The zero-order valence-corrected chi connectivity index (χ0v) is 13.5. The van der Waals surface area contributed by atoms with E-state index < -0.39 is 11.7 Å². The van der Waals surface area contributed by atoms with Gasteiger partial charge in [-0.15, -0.1) is 0 Å². The molecule has 6 heteroatoms. The van der Waals surface area contributed by atoms with Gasteiger partial charge in [-0.2, -0.15) is 0 Å². The summed E-state index contributed by atoms with van der Waals surface area (Å²) in [6.07, 6.45) is 0.699. The van der Waals surface area contributed by atoms with Gasteiger partial charge in [0.2, 0.25) is 0 Å². The second kappa shape index (κ2) is 8.10. The summed E-state index contributed by atoms with van der Waals surface area (Å²) in [6.45, 7) is 3.57. The van der Waals surface area contributed by atoms with Crippen LogP contribution in [0, 0.1) is 12.7 Å². The zero-order chi connectivity index (χ0) is 17.5. The molecule has 0 saturated carbocycles. The third-order valence-corrected chi connectivity index (χ3v) is 3.22. The van der Waals surface area contributed by atoms with Gasteiger partial charge in [-0.05, 0) is 49.7 Å². The van der Waals surface area contributed by atoms with Crippen molar-refractivity contribution in [1.82, 2.24) is 0 Å². The first-order valence-electron chi connectivity index (χ1n) is 7.44. The summed E-state index contributed by atoms with van der Waals surface area (Å²) in [4.78, 5) is 22.7. The van der Waals surface area contributed by atoms with Crippen LogP contribution in [0.25, 0.3) is 0 Å². The van der Waals surface area contributed by atoms with Gasteiger partial charge in [-0.3, -0.25) is 9.59 Å². The molecule has 0 aliphatic rings. The van der Waals surface area contributed by atoms with Crippen molar-refractivity contribution in [2.24, 2.45) is 0 Å². The molecule has 2 aromatic rings. The molecule has 0 bridgehead atoms. The lowest BCUT2D eigenvalue weighted by Crippen LogP contribution is -2.20. The quantitative estimate of drug-likeness (QED) is 0.790. The molecule has 0 unspecified atom stereocenters. The Labute approximate surface area is 139 Å². The van der Waals surface area contributed by atoms with Crippen molar-refractivity contribution in [3.63, 3.8) is 0 Å². The van der Waals surface area contributed by atoms with Crippen LogP contribution in [0.3, 0.4) is 0 Å². The molecule has 0 aromatic heterocycles. The van der Waals surface area contributed by atoms with E-state index in [-0.39, 0.29) is 6.61 Å². The minimum atomic E-state index is -0.430. The fraction of sp³-hybridized carbons (Fsp3) is 0.222. The average Bonchev–Trinajstić information content (AvgIpc) is 2.57. The number of aldehydes is 1. The first kappa shape index (κ1) is 17.5. The third-order valence-electron chi connectivity index (χ3n) is 3.22. The molecule has 0 aliphatic heterocycles. The van der Waals surface area contributed by atoms with Crippen molar-refractivity contribution in [1.29, 1.82) is 0 Å². The molecular formula is C18H18FNO4. The highest BCUT2D eigenvalue weighted by atomic mass is 19.1. The molecule has 2 rings (SSSR count). The first-order chi connectivity index (χ1) is 11.5. The van der Waals surface area contributed by atoms with Gasteiger partial charge < -0.3 is 14.8 Å². The van der Waals surface area contributed by atoms with Crippen LogP contribution in [0.5, 0.6) is 11.5 Å². The molecule has 5 nitrogen and oxygen atoms in total. The number of carbonyl (C=O) groups is 2. The zero-order valence-electron chi connectivity index (χ0n) is 13.5. The van der Waals surface area contributed by atoms with Crippen LogP contribution in [-0.2, 0) is 4.79 Å². The Balaban J connectivity index is 2.00. The highest BCUT2D eigenvalue weighted by Gasteiger charge is 2.10. The van der Waals surface area contributed by atoms with Gasteiger partial charge in [0.05, 0.1) is 6.61 Å². The number of amides is 1. The minimum Gasteiger partial charge on any atom is -0.490 e. The maximum absolute atomic E-state index is 13.5. The van der Waals surface area contributed by atoms with Crippen molar-refractivity contribution < 1.29 is 23.5 Å². The monoisotopic (exact) mass is 331 g/mol. The number of halogens is 1. The lowest BCUT2D eigenvalue weighted by Gasteiger charge is -2.12. The predicted molar refractivity (Wildman–Crippen MR) is 88.3 cm³/mol. The van der Waals surface area contributed by atoms with E-state index in [4.69, 9.17) is 9.47 Å². The van der Waals surface area contributed by atoms with Crippen molar-refractivity contribution in [2.45, 2.75) is 13.8 Å². The Bertz CT molecular complexity index is 746. The molecule has 24 heavy (non-hydrogen) atoms. The third kappa shape index (κ3) is 4.55. The minimum absolute atomic E-state index is 0.268. The van der Waals surface area contributed by atoms with Crippen LogP contribution in [0.15, 0.2) is 36.4 Å². The van der Waals surface area contributed by atoms with Crippen molar-refractivity contribution in [3.8, 4) is 11.5 Å². The number of nitrogens with one attached hydrogen (secondary N) is 1. The number of benzene rings is 2. The van der Waals surface area contributed by atoms with E-state index >= 15 is 0 Å². The lowest BCUT2D eigenvalue weighted by atomic mass is 10.2. The number of hydrogen-bond donors (Lipinski definition) is 1. The Kier molecular flexibility index (Phi) is 5.89. The van der Waals surface area contributed by atoms with Crippen LogP contribution in [0.1, 0.15) is 22.8 Å². The molecule has 0 radical (unpaired) electrons. The van der Waals surface area contributed by atoms with E-state index in [1.165, 1.54) is 6.07 Å². The molecular weight excluding hydrogens is 313 g/mol. The van der Waals surface area contributed by atoms with Gasteiger partial charge >= 0.3 is 0 Å². The van der Waals surface area contributed by atoms with E-state index in [9.17, 15) is 14.0 Å².